The Labute approximate surface area is 148 Å². The van der Waals surface area contributed by atoms with Crippen LogP contribution in [0.1, 0.15) is 26.2 Å². The third kappa shape index (κ3) is 4.09. The van der Waals surface area contributed by atoms with Gasteiger partial charge in [-0.25, -0.2) is 14.8 Å². The SMILES string of the molecule is CCNC(=O)NC1=CCC2N=CC(C3=CC=C(C(F)(F)F)CC3)=NC2=N1. The number of alkyl halides is 3. The molecule has 0 spiro atoms. The number of nitrogens with zero attached hydrogens (tertiary/aromatic N) is 3. The summed E-state index contributed by atoms with van der Waals surface area (Å²) in [7, 11) is 0. The van der Waals surface area contributed by atoms with E-state index >= 15 is 0 Å². The van der Waals surface area contributed by atoms with Crippen molar-refractivity contribution in [2.24, 2.45) is 15.0 Å². The van der Waals surface area contributed by atoms with Crippen molar-refractivity contribution in [2.45, 2.75) is 38.4 Å². The number of aliphatic imine (C=N–C) groups is 3. The Kier molecular flexibility index (Phi) is 5.06. The molecule has 0 aromatic heterocycles. The molecular weight excluding hydrogens is 347 g/mol. The van der Waals surface area contributed by atoms with Gasteiger partial charge in [-0.15, -0.1) is 0 Å². The van der Waals surface area contributed by atoms with Crippen LogP contribution in [-0.2, 0) is 0 Å². The molecule has 0 bridgehead atoms. The first-order chi connectivity index (χ1) is 12.4. The van der Waals surface area contributed by atoms with Crippen LogP contribution in [0.15, 0.2) is 50.2 Å². The van der Waals surface area contributed by atoms with Crippen LogP contribution in [0.5, 0.6) is 0 Å². The van der Waals surface area contributed by atoms with Gasteiger partial charge in [-0.05, 0) is 37.8 Å². The summed E-state index contributed by atoms with van der Waals surface area (Å²) in [6, 6.07) is -0.589. The Bertz CT molecular complexity index is 787. The van der Waals surface area contributed by atoms with Gasteiger partial charge >= 0.3 is 12.2 Å². The van der Waals surface area contributed by atoms with Gasteiger partial charge in [-0.1, -0.05) is 12.2 Å². The minimum absolute atomic E-state index is 0.0814. The van der Waals surface area contributed by atoms with Crippen LogP contribution in [0, 0.1) is 0 Å². The quantitative estimate of drug-likeness (QED) is 0.792. The third-order valence-electron chi connectivity index (χ3n) is 4.10. The highest BCUT2D eigenvalue weighted by Gasteiger charge is 2.34. The lowest BCUT2D eigenvalue weighted by Gasteiger charge is -2.22. The minimum Gasteiger partial charge on any atom is -0.338 e. The van der Waals surface area contributed by atoms with Crippen molar-refractivity contribution in [1.82, 2.24) is 10.6 Å². The highest BCUT2D eigenvalue weighted by molar-refractivity contribution is 6.41. The summed E-state index contributed by atoms with van der Waals surface area (Å²) >= 11 is 0. The fraction of sp³-hybridized carbons (Fsp3) is 0.412. The predicted octanol–water partition coefficient (Wildman–Crippen LogP) is 3.05. The van der Waals surface area contributed by atoms with Crippen molar-refractivity contribution in [3.8, 4) is 0 Å². The number of carbonyl (C=O) groups excluding carboxylic acids is 1. The number of nitrogens with one attached hydrogen (secondary N) is 2. The van der Waals surface area contributed by atoms with E-state index in [2.05, 4.69) is 25.6 Å². The number of urea groups is 1. The highest BCUT2D eigenvalue weighted by Crippen LogP contribution is 2.33. The van der Waals surface area contributed by atoms with Gasteiger partial charge in [0.1, 0.15) is 11.9 Å². The van der Waals surface area contributed by atoms with Crippen molar-refractivity contribution in [1.29, 1.82) is 0 Å². The largest absolute Gasteiger partial charge is 0.412 e. The summed E-state index contributed by atoms with van der Waals surface area (Å²) in [6.07, 6.45) is 2.28. The van der Waals surface area contributed by atoms with E-state index < -0.39 is 11.7 Å². The summed E-state index contributed by atoms with van der Waals surface area (Å²) in [5, 5.41) is 5.23. The number of amides is 2. The molecule has 0 aromatic carbocycles. The second-order valence-corrected chi connectivity index (χ2v) is 5.95. The van der Waals surface area contributed by atoms with Crippen molar-refractivity contribution >= 4 is 23.8 Å². The van der Waals surface area contributed by atoms with Crippen molar-refractivity contribution < 1.29 is 18.0 Å². The van der Waals surface area contributed by atoms with Gasteiger partial charge in [-0.2, -0.15) is 13.2 Å². The zero-order valence-electron chi connectivity index (χ0n) is 14.1. The predicted molar refractivity (Wildman–Crippen MR) is 93.5 cm³/mol. The number of halogens is 3. The number of allylic oxidation sites excluding steroid dienone is 4. The minimum atomic E-state index is -4.30. The normalized spacial score (nSPS) is 22.3. The first kappa shape index (κ1) is 18.1. The third-order valence-corrected chi connectivity index (χ3v) is 4.10. The Morgan fingerprint density at radius 3 is 2.73 bits per heavy atom. The van der Waals surface area contributed by atoms with Gasteiger partial charge in [0.15, 0.2) is 5.84 Å². The molecule has 6 nitrogen and oxygen atoms in total. The van der Waals surface area contributed by atoms with Crippen molar-refractivity contribution in [3.63, 3.8) is 0 Å². The average Bonchev–Trinajstić information content (AvgIpc) is 2.60. The van der Waals surface area contributed by atoms with Crippen LogP contribution < -0.4 is 10.6 Å². The molecule has 0 fully saturated rings. The molecule has 2 aliphatic heterocycles. The fourth-order valence-corrected chi connectivity index (χ4v) is 2.75. The maximum absolute atomic E-state index is 12.7. The van der Waals surface area contributed by atoms with Crippen LogP contribution >= 0.6 is 0 Å². The molecule has 2 amide bonds. The monoisotopic (exact) mass is 365 g/mol. The Balaban J connectivity index is 1.77. The number of hydrogen-bond acceptors (Lipinski definition) is 4. The van der Waals surface area contributed by atoms with E-state index in [1.54, 1.807) is 19.2 Å². The van der Waals surface area contributed by atoms with E-state index in [1.165, 1.54) is 6.08 Å². The molecular formula is C17H18F3N5O. The van der Waals surface area contributed by atoms with Crippen LogP contribution in [0.2, 0.25) is 0 Å². The summed E-state index contributed by atoms with van der Waals surface area (Å²) in [5.74, 6) is 0.836. The molecule has 3 aliphatic rings. The average molecular weight is 365 g/mol. The molecule has 1 unspecified atom stereocenters. The lowest BCUT2D eigenvalue weighted by molar-refractivity contribution is -0.0940. The first-order valence-electron chi connectivity index (χ1n) is 8.29. The molecule has 0 aromatic rings. The summed E-state index contributed by atoms with van der Waals surface area (Å²) in [6.45, 7) is 2.30. The van der Waals surface area contributed by atoms with Crippen LogP contribution in [0.3, 0.4) is 0 Å². The van der Waals surface area contributed by atoms with E-state index in [4.69, 9.17) is 0 Å². The standard InChI is InChI=1S/C17H18F3N5O/c1-2-21-16(26)25-14-8-7-12-15(24-14)23-13(9-22-12)10-3-5-11(6-4-10)17(18,19)20/h3,5,8-9,12H,2,4,6-7H2,1H3,(H2,21,25,26). The molecule has 9 heteroatoms. The summed E-state index contributed by atoms with van der Waals surface area (Å²) < 4.78 is 38.1. The maximum atomic E-state index is 12.7. The van der Waals surface area contributed by atoms with Gasteiger partial charge in [0.25, 0.3) is 0 Å². The number of rotatable bonds is 3. The molecule has 1 atom stereocenters. The van der Waals surface area contributed by atoms with Crippen molar-refractivity contribution in [3.05, 3.63) is 35.2 Å². The molecule has 1 aliphatic carbocycles. The number of carbonyl (C=O) groups is 1. The molecule has 3 rings (SSSR count). The smallest absolute Gasteiger partial charge is 0.338 e. The Hall–Kier alpha value is -2.71. The highest BCUT2D eigenvalue weighted by atomic mass is 19.4. The van der Waals surface area contributed by atoms with Crippen LogP contribution in [0.4, 0.5) is 18.0 Å². The van der Waals surface area contributed by atoms with E-state index in [-0.39, 0.29) is 24.9 Å². The first-order valence-corrected chi connectivity index (χ1v) is 8.29. The van der Waals surface area contributed by atoms with Gasteiger partial charge in [0.2, 0.25) is 0 Å². The zero-order chi connectivity index (χ0) is 18.7. The van der Waals surface area contributed by atoms with Gasteiger partial charge < -0.3 is 5.32 Å². The molecule has 26 heavy (non-hydrogen) atoms. The van der Waals surface area contributed by atoms with Gasteiger partial charge in [-0.3, -0.25) is 10.3 Å². The Morgan fingerprint density at radius 1 is 1.27 bits per heavy atom. The van der Waals surface area contributed by atoms with E-state index in [9.17, 15) is 18.0 Å². The summed E-state index contributed by atoms with van der Waals surface area (Å²) in [4.78, 5) is 24.7. The lowest BCUT2D eigenvalue weighted by atomic mass is 9.94. The zero-order valence-corrected chi connectivity index (χ0v) is 14.1. The lowest BCUT2D eigenvalue weighted by Crippen LogP contribution is -2.36. The van der Waals surface area contributed by atoms with E-state index in [1.807, 2.05) is 0 Å². The topological polar surface area (TPSA) is 78.2 Å². The molecule has 0 saturated heterocycles. The van der Waals surface area contributed by atoms with Crippen LogP contribution in [-0.4, -0.2) is 42.6 Å². The maximum Gasteiger partial charge on any atom is 0.412 e. The second-order valence-electron chi connectivity index (χ2n) is 5.95. The van der Waals surface area contributed by atoms with E-state index in [0.29, 0.717) is 35.9 Å². The molecule has 0 radical (unpaired) electrons. The molecule has 0 saturated carbocycles. The Morgan fingerprint density at radius 2 is 2.08 bits per heavy atom. The number of amidine groups is 1. The number of fused-ring (bicyclic) bond motifs is 1. The van der Waals surface area contributed by atoms with Gasteiger partial charge in [0.05, 0.1) is 5.71 Å². The van der Waals surface area contributed by atoms with Crippen LogP contribution in [0.25, 0.3) is 0 Å². The van der Waals surface area contributed by atoms with Crippen molar-refractivity contribution in [2.75, 3.05) is 6.54 Å². The molecule has 2 heterocycles. The van der Waals surface area contributed by atoms with Gasteiger partial charge in [0, 0.05) is 18.3 Å². The molecule has 2 N–H and O–H groups in total. The second kappa shape index (κ2) is 7.27. The number of hydrogen-bond donors (Lipinski definition) is 2. The fourth-order valence-electron chi connectivity index (χ4n) is 2.75. The van der Waals surface area contributed by atoms with E-state index in [0.717, 1.165) is 6.08 Å². The summed E-state index contributed by atoms with van der Waals surface area (Å²) in [5.41, 5.74) is 0.659. The molecule has 138 valence electrons.